The maximum atomic E-state index is 12.1. The van der Waals surface area contributed by atoms with E-state index in [1.165, 1.54) is 18.7 Å². The molecule has 0 fully saturated rings. The van der Waals surface area contributed by atoms with Crippen molar-refractivity contribution in [1.82, 2.24) is 34.5 Å². The highest BCUT2D eigenvalue weighted by Gasteiger charge is 2.13. The van der Waals surface area contributed by atoms with E-state index in [2.05, 4.69) is 25.4 Å². The van der Waals surface area contributed by atoms with Crippen LogP contribution in [0.5, 0.6) is 6.01 Å². The van der Waals surface area contributed by atoms with Crippen molar-refractivity contribution in [2.24, 2.45) is 14.1 Å². The molecule has 2 heterocycles. The quantitative estimate of drug-likeness (QED) is 0.580. The Morgan fingerprint density at radius 3 is 2.57 bits per heavy atom. The molecule has 2 aromatic rings. The Kier molecular flexibility index (Phi) is 5.40. The zero-order valence-electron chi connectivity index (χ0n) is 13.7. The Morgan fingerprint density at radius 1 is 1.13 bits per heavy atom. The summed E-state index contributed by atoms with van der Waals surface area (Å²) in [6.45, 7) is 2.75. The maximum absolute atomic E-state index is 12.1. The normalized spacial score (nSPS) is 11.3. The number of nitrogens with one attached hydrogen (secondary N) is 1. The summed E-state index contributed by atoms with van der Waals surface area (Å²) < 4.78 is 7.59. The molecule has 0 bridgehead atoms. The number of hydrogen-bond acceptors (Lipinski definition) is 8. The van der Waals surface area contributed by atoms with E-state index in [1.807, 2.05) is 14.1 Å². The summed E-state index contributed by atoms with van der Waals surface area (Å²) in [5.41, 5.74) is -0.806. The van der Waals surface area contributed by atoms with Crippen molar-refractivity contribution in [2.45, 2.75) is 0 Å². The van der Waals surface area contributed by atoms with Crippen molar-refractivity contribution in [3.8, 4) is 6.01 Å². The number of fused-ring (bicyclic) bond motifs is 1. The van der Waals surface area contributed by atoms with E-state index >= 15 is 0 Å². The van der Waals surface area contributed by atoms with Gasteiger partial charge in [-0.2, -0.15) is 4.98 Å². The molecular weight excluding hydrogens is 302 g/mol. The number of hydrogen-bond donors (Lipinski definition) is 1. The predicted molar refractivity (Wildman–Crippen MR) is 84.7 cm³/mol. The van der Waals surface area contributed by atoms with Crippen molar-refractivity contribution < 1.29 is 4.74 Å². The van der Waals surface area contributed by atoms with Crippen LogP contribution >= 0.6 is 0 Å². The first kappa shape index (κ1) is 17.0. The first-order chi connectivity index (χ1) is 10.9. The smallest absolute Gasteiger partial charge is 0.336 e. The summed E-state index contributed by atoms with van der Waals surface area (Å²) in [5.74, 6) is 0. The molecule has 0 radical (unpaired) electrons. The molecule has 10 nitrogen and oxygen atoms in total. The third-order valence-corrected chi connectivity index (χ3v) is 3.29. The fraction of sp³-hybridized carbons (Fsp3) is 0.615. The van der Waals surface area contributed by atoms with Crippen LogP contribution in [0.3, 0.4) is 0 Å². The van der Waals surface area contributed by atoms with Gasteiger partial charge in [0.05, 0.1) is 0 Å². The average Bonchev–Trinajstić information content (AvgIpc) is 2.53. The lowest BCUT2D eigenvalue weighted by Gasteiger charge is -2.10. The van der Waals surface area contributed by atoms with E-state index in [0.29, 0.717) is 13.2 Å². The Hall–Kier alpha value is -2.33. The lowest BCUT2D eigenvalue weighted by Crippen LogP contribution is -2.38. The van der Waals surface area contributed by atoms with Crippen molar-refractivity contribution in [2.75, 3.05) is 40.3 Å². The minimum Gasteiger partial charge on any atom is -0.461 e. The summed E-state index contributed by atoms with van der Waals surface area (Å²) in [7, 11) is 6.90. The van der Waals surface area contributed by atoms with Gasteiger partial charge in [0.15, 0.2) is 11.2 Å². The number of aromatic nitrogens is 5. The second kappa shape index (κ2) is 7.29. The fourth-order valence-corrected chi connectivity index (χ4v) is 1.94. The van der Waals surface area contributed by atoms with Gasteiger partial charge in [-0.3, -0.25) is 13.9 Å². The highest BCUT2D eigenvalue weighted by Crippen LogP contribution is 2.04. The number of likely N-dealkylation sites (N-methyl/N-ethyl adjacent to an activating group) is 1. The van der Waals surface area contributed by atoms with Gasteiger partial charge < -0.3 is 15.0 Å². The number of nitrogens with zero attached hydrogens (tertiary/aromatic N) is 6. The van der Waals surface area contributed by atoms with E-state index in [1.54, 1.807) is 0 Å². The third-order valence-electron chi connectivity index (χ3n) is 3.29. The van der Waals surface area contributed by atoms with Gasteiger partial charge in [0.1, 0.15) is 6.61 Å². The Balaban J connectivity index is 2.06. The van der Waals surface area contributed by atoms with Crippen molar-refractivity contribution >= 4 is 11.2 Å². The second-order valence-corrected chi connectivity index (χ2v) is 5.37. The van der Waals surface area contributed by atoms with E-state index in [4.69, 9.17) is 4.74 Å². The molecule has 0 aliphatic rings. The second-order valence-electron chi connectivity index (χ2n) is 5.37. The third kappa shape index (κ3) is 3.90. The SMILES string of the molecule is CN(C)CCNCCOc1nnc2c(n1)c(=O)n(C)c(=O)n2C. The van der Waals surface area contributed by atoms with Gasteiger partial charge in [-0.25, -0.2) is 4.79 Å². The van der Waals surface area contributed by atoms with Gasteiger partial charge in [0, 0.05) is 33.7 Å². The van der Waals surface area contributed by atoms with E-state index < -0.39 is 11.2 Å². The highest BCUT2D eigenvalue weighted by molar-refractivity contribution is 5.67. The van der Waals surface area contributed by atoms with Crippen LogP contribution in [0.25, 0.3) is 11.2 Å². The molecule has 0 aliphatic carbocycles. The average molecular weight is 323 g/mol. The zero-order chi connectivity index (χ0) is 17.0. The molecule has 0 aromatic carbocycles. The zero-order valence-corrected chi connectivity index (χ0v) is 13.7. The van der Waals surface area contributed by atoms with Crippen molar-refractivity contribution in [3.05, 3.63) is 20.8 Å². The molecule has 1 N–H and O–H groups in total. The molecule has 0 saturated carbocycles. The van der Waals surface area contributed by atoms with E-state index in [9.17, 15) is 9.59 Å². The molecule has 0 saturated heterocycles. The molecule has 23 heavy (non-hydrogen) atoms. The molecule has 0 unspecified atom stereocenters. The van der Waals surface area contributed by atoms with Crippen LogP contribution in [0, 0.1) is 0 Å². The molecule has 126 valence electrons. The van der Waals surface area contributed by atoms with Gasteiger partial charge in [-0.15, -0.1) is 5.10 Å². The van der Waals surface area contributed by atoms with Gasteiger partial charge >= 0.3 is 11.7 Å². The summed E-state index contributed by atoms with van der Waals surface area (Å²) in [6, 6.07) is 0.0164. The Morgan fingerprint density at radius 2 is 1.87 bits per heavy atom. The molecule has 2 aromatic heterocycles. The first-order valence-corrected chi connectivity index (χ1v) is 7.20. The molecule has 10 heteroatoms. The van der Waals surface area contributed by atoms with Crippen LogP contribution in [-0.4, -0.2) is 69.6 Å². The monoisotopic (exact) mass is 323 g/mol. The molecule has 0 spiro atoms. The summed E-state index contributed by atoms with van der Waals surface area (Å²) in [5, 5.41) is 10.9. The number of rotatable bonds is 7. The van der Waals surface area contributed by atoms with Crippen LogP contribution in [0.4, 0.5) is 0 Å². The van der Waals surface area contributed by atoms with Crippen molar-refractivity contribution in [1.29, 1.82) is 0 Å². The van der Waals surface area contributed by atoms with Gasteiger partial charge in [0.2, 0.25) is 0 Å². The lowest BCUT2D eigenvalue weighted by molar-refractivity contribution is 0.284. The molecule has 0 atom stereocenters. The van der Waals surface area contributed by atoms with Gasteiger partial charge in [-0.05, 0) is 14.1 Å². The largest absolute Gasteiger partial charge is 0.461 e. The van der Waals surface area contributed by atoms with Crippen molar-refractivity contribution in [3.63, 3.8) is 0 Å². The van der Waals surface area contributed by atoms with Crippen LogP contribution in [0.2, 0.25) is 0 Å². The van der Waals surface area contributed by atoms with Gasteiger partial charge in [-0.1, -0.05) is 5.10 Å². The Labute approximate surface area is 132 Å². The Bertz CT molecular complexity index is 796. The van der Waals surface area contributed by atoms with Crippen LogP contribution in [0.1, 0.15) is 0 Å². The molecule has 0 amide bonds. The lowest BCUT2D eigenvalue weighted by atomic mass is 10.5. The maximum Gasteiger partial charge on any atom is 0.336 e. The molecular formula is C13H21N7O3. The summed E-state index contributed by atoms with van der Waals surface area (Å²) in [4.78, 5) is 30.0. The highest BCUT2D eigenvalue weighted by atomic mass is 16.5. The number of aryl methyl sites for hydroxylation is 1. The molecule has 2 rings (SSSR count). The number of ether oxygens (including phenoxy) is 1. The van der Waals surface area contributed by atoms with Gasteiger partial charge in [0.25, 0.3) is 5.56 Å². The van der Waals surface area contributed by atoms with E-state index in [0.717, 1.165) is 17.7 Å². The topological polar surface area (TPSA) is 107 Å². The van der Waals surface area contributed by atoms with Crippen LogP contribution < -0.4 is 21.3 Å². The van der Waals surface area contributed by atoms with E-state index in [-0.39, 0.29) is 17.2 Å². The standard InChI is InChI=1S/C13H21N7O3/c1-18(2)7-5-14-6-8-23-12-15-9-10(16-17-12)19(3)13(22)20(4)11(9)21/h14H,5-8H2,1-4H3. The fourth-order valence-electron chi connectivity index (χ4n) is 1.94. The molecule has 0 aliphatic heterocycles. The van der Waals surface area contributed by atoms with Crippen LogP contribution in [0.15, 0.2) is 9.59 Å². The minimum absolute atomic E-state index is 0.0164. The predicted octanol–water partition coefficient (Wildman–Crippen LogP) is -2.05. The van der Waals surface area contributed by atoms with Crippen LogP contribution in [-0.2, 0) is 14.1 Å². The first-order valence-electron chi connectivity index (χ1n) is 7.20. The minimum atomic E-state index is -0.521. The summed E-state index contributed by atoms with van der Waals surface area (Å²) >= 11 is 0. The summed E-state index contributed by atoms with van der Waals surface area (Å²) in [6.07, 6.45) is 0.